The van der Waals surface area contributed by atoms with Gasteiger partial charge in [-0.15, -0.1) is 11.3 Å². The van der Waals surface area contributed by atoms with E-state index in [1.807, 2.05) is 43.3 Å². The molecule has 0 aliphatic rings. The second kappa shape index (κ2) is 6.42. The summed E-state index contributed by atoms with van der Waals surface area (Å²) in [5.74, 6) is 0.846. The average molecular weight is 296 g/mol. The van der Waals surface area contributed by atoms with Gasteiger partial charge < -0.3 is 10.5 Å². The molecular weight excluding hydrogens is 278 g/mol. The lowest BCUT2D eigenvalue weighted by Gasteiger charge is -2.23. The molecule has 2 atom stereocenters. The van der Waals surface area contributed by atoms with Gasteiger partial charge in [0.25, 0.3) is 0 Å². The smallest absolute Gasteiger partial charge is 0.148 e. The van der Waals surface area contributed by atoms with Gasteiger partial charge in [0.15, 0.2) is 0 Å². The van der Waals surface area contributed by atoms with Crippen molar-refractivity contribution < 1.29 is 4.74 Å². The van der Waals surface area contributed by atoms with E-state index >= 15 is 0 Å². The first-order valence-corrected chi connectivity index (χ1v) is 7.53. The summed E-state index contributed by atoms with van der Waals surface area (Å²) < 4.78 is 6.83. The van der Waals surface area contributed by atoms with Gasteiger partial charge in [0.2, 0.25) is 0 Å². The first-order valence-electron chi connectivity index (χ1n) is 6.34. The van der Waals surface area contributed by atoms with Crippen molar-refractivity contribution in [3.8, 4) is 5.75 Å². The van der Waals surface area contributed by atoms with E-state index in [4.69, 9.17) is 22.1 Å². The second-order valence-electron chi connectivity index (χ2n) is 4.57. The molecule has 0 amide bonds. The zero-order valence-corrected chi connectivity index (χ0v) is 12.7. The molecule has 1 aromatic carbocycles. The van der Waals surface area contributed by atoms with Crippen molar-refractivity contribution in [1.29, 1.82) is 0 Å². The topological polar surface area (TPSA) is 35.2 Å². The molecule has 1 heterocycles. The lowest BCUT2D eigenvalue weighted by Crippen LogP contribution is -2.30. The summed E-state index contributed by atoms with van der Waals surface area (Å²) >= 11 is 7.53. The molecule has 2 aromatic rings. The molecule has 2 rings (SSSR count). The minimum atomic E-state index is -0.149. The Labute approximate surface area is 123 Å². The Morgan fingerprint density at radius 2 is 2.11 bits per heavy atom. The molecule has 102 valence electrons. The predicted molar refractivity (Wildman–Crippen MR) is 82.1 cm³/mol. The van der Waals surface area contributed by atoms with E-state index < -0.39 is 0 Å². The van der Waals surface area contributed by atoms with Crippen molar-refractivity contribution >= 4 is 22.9 Å². The molecule has 2 N–H and O–H groups in total. The molecule has 0 radical (unpaired) electrons. The van der Waals surface area contributed by atoms with E-state index in [9.17, 15) is 0 Å². The van der Waals surface area contributed by atoms with Crippen molar-refractivity contribution in [1.82, 2.24) is 0 Å². The fourth-order valence-corrected chi connectivity index (χ4v) is 3.05. The number of aryl methyl sites for hydroxylation is 1. The van der Waals surface area contributed by atoms with E-state index in [2.05, 4.69) is 6.92 Å². The van der Waals surface area contributed by atoms with Crippen molar-refractivity contribution in [2.75, 3.05) is 0 Å². The van der Waals surface area contributed by atoms with Crippen LogP contribution in [0.15, 0.2) is 36.4 Å². The van der Waals surface area contributed by atoms with Crippen LogP contribution in [0.3, 0.4) is 0 Å². The van der Waals surface area contributed by atoms with Gasteiger partial charge in [0.05, 0.1) is 4.34 Å². The van der Waals surface area contributed by atoms with E-state index in [1.54, 1.807) is 0 Å². The third kappa shape index (κ3) is 3.72. The zero-order valence-electron chi connectivity index (χ0n) is 11.1. The third-order valence-corrected chi connectivity index (χ3v) is 4.28. The van der Waals surface area contributed by atoms with E-state index in [1.165, 1.54) is 16.9 Å². The molecule has 0 saturated heterocycles. The van der Waals surface area contributed by atoms with E-state index in [0.717, 1.165) is 21.4 Å². The maximum absolute atomic E-state index is 6.18. The molecule has 0 aliphatic heterocycles. The van der Waals surface area contributed by atoms with Gasteiger partial charge in [-0.2, -0.15) is 0 Å². The van der Waals surface area contributed by atoms with Crippen LogP contribution >= 0.6 is 22.9 Å². The number of nitrogens with two attached hydrogens (primary N) is 1. The molecule has 2 unspecified atom stereocenters. The van der Waals surface area contributed by atoms with Gasteiger partial charge >= 0.3 is 0 Å². The Balaban J connectivity index is 2.24. The van der Waals surface area contributed by atoms with Crippen molar-refractivity contribution in [3.05, 3.63) is 51.2 Å². The quantitative estimate of drug-likeness (QED) is 0.877. The molecule has 0 bridgehead atoms. The largest absolute Gasteiger partial charge is 0.483 e. The number of halogens is 1. The van der Waals surface area contributed by atoms with Crippen LogP contribution in [-0.2, 0) is 0 Å². The lowest BCUT2D eigenvalue weighted by molar-refractivity contribution is 0.174. The summed E-state index contributed by atoms with van der Waals surface area (Å²) in [6.45, 7) is 4.11. The van der Waals surface area contributed by atoms with Crippen LogP contribution in [0.1, 0.15) is 29.9 Å². The highest BCUT2D eigenvalue weighted by atomic mass is 35.5. The molecular formula is C15H18ClNOS. The first-order chi connectivity index (χ1) is 9.10. The fourth-order valence-electron chi connectivity index (χ4n) is 1.89. The van der Waals surface area contributed by atoms with Gasteiger partial charge in [0.1, 0.15) is 11.9 Å². The van der Waals surface area contributed by atoms with Crippen LogP contribution in [-0.4, -0.2) is 6.04 Å². The summed E-state index contributed by atoms with van der Waals surface area (Å²) in [4.78, 5) is 1.07. The van der Waals surface area contributed by atoms with Gasteiger partial charge in [-0.3, -0.25) is 0 Å². The van der Waals surface area contributed by atoms with Crippen LogP contribution in [0, 0.1) is 6.92 Å². The minimum absolute atomic E-state index is 0.0461. The molecule has 4 heteroatoms. The standard InChI is InChI=1S/C15H18ClNOS/c1-3-12(17)15(13-7-8-14(16)19-13)18-11-6-4-5-10(2)9-11/h4-9,12,15H,3,17H2,1-2H3. The van der Waals surface area contributed by atoms with Gasteiger partial charge in [-0.05, 0) is 43.2 Å². The van der Waals surface area contributed by atoms with Crippen molar-refractivity contribution in [3.63, 3.8) is 0 Å². The summed E-state index contributed by atoms with van der Waals surface area (Å²) in [7, 11) is 0. The van der Waals surface area contributed by atoms with Gasteiger partial charge in [-0.1, -0.05) is 30.7 Å². The molecule has 19 heavy (non-hydrogen) atoms. The Morgan fingerprint density at radius 1 is 1.32 bits per heavy atom. The SMILES string of the molecule is CCC(N)C(Oc1cccc(C)c1)c1ccc(Cl)s1. The van der Waals surface area contributed by atoms with Crippen LogP contribution in [0.25, 0.3) is 0 Å². The molecule has 0 saturated carbocycles. The monoisotopic (exact) mass is 295 g/mol. The van der Waals surface area contributed by atoms with Gasteiger partial charge in [-0.25, -0.2) is 0 Å². The summed E-state index contributed by atoms with van der Waals surface area (Å²) in [5.41, 5.74) is 7.35. The highest BCUT2D eigenvalue weighted by Crippen LogP contribution is 2.32. The molecule has 2 nitrogen and oxygen atoms in total. The Morgan fingerprint density at radius 3 is 2.68 bits per heavy atom. The average Bonchev–Trinajstić information content (AvgIpc) is 2.81. The lowest BCUT2D eigenvalue weighted by atomic mass is 10.1. The maximum Gasteiger partial charge on any atom is 0.148 e. The van der Waals surface area contributed by atoms with Gasteiger partial charge in [0, 0.05) is 10.9 Å². The third-order valence-electron chi connectivity index (χ3n) is 2.99. The summed E-state index contributed by atoms with van der Waals surface area (Å²) in [6, 6.07) is 11.8. The Hall–Kier alpha value is -1.03. The second-order valence-corrected chi connectivity index (χ2v) is 6.32. The highest BCUT2D eigenvalue weighted by molar-refractivity contribution is 7.16. The first kappa shape index (κ1) is 14.4. The highest BCUT2D eigenvalue weighted by Gasteiger charge is 2.22. The number of benzene rings is 1. The minimum Gasteiger partial charge on any atom is -0.483 e. The van der Waals surface area contributed by atoms with E-state index in [-0.39, 0.29) is 12.1 Å². The number of thiophene rings is 1. The van der Waals surface area contributed by atoms with Crippen molar-refractivity contribution in [2.24, 2.45) is 5.73 Å². The van der Waals surface area contributed by atoms with E-state index in [0.29, 0.717) is 0 Å². The van der Waals surface area contributed by atoms with Crippen molar-refractivity contribution in [2.45, 2.75) is 32.4 Å². The van der Waals surface area contributed by atoms with Crippen LogP contribution in [0.2, 0.25) is 4.34 Å². The number of ether oxygens (including phenoxy) is 1. The molecule has 0 aliphatic carbocycles. The fraction of sp³-hybridized carbons (Fsp3) is 0.333. The normalized spacial score (nSPS) is 14.1. The number of rotatable bonds is 5. The van der Waals surface area contributed by atoms with Crippen LogP contribution in [0.4, 0.5) is 0 Å². The summed E-state index contributed by atoms with van der Waals surface area (Å²) in [6.07, 6.45) is 0.704. The summed E-state index contributed by atoms with van der Waals surface area (Å²) in [5, 5.41) is 0. The number of hydrogen-bond acceptors (Lipinski definition) is 3. The Kier molecular flexibility index (Phi) is 4.86. The molecule has 0 spiro atoms. The number of hydrogen-bond donors (Lipinski definition) is 1. The molecule has 1 aromatic heterocycles. The Bertz CT molecular complexity index is 540. The maximum atomic E-state index is 6.18. The van der Waals surface area contributed by atoms with Crippen LogP contribution < -0.4 is 10.5 Å². The zero-order chi connectivity index (χ0) is 13.8. The molecule has 0 fully saturated rings. The van der Waals surface area contributed by atoms with Crippen LogP contribution in [0.5, 0.6) is 5.75 Å². The predicted octanol–water partition coefficient (Wildman–Crippen LogP) is 4.57.